The summed E-state index contributed by atoms with van der Waals surface area (Å²) in [6, 6.07) is 81.9. The molecule has 0 fully saturated rings. The van der Waals surface area contributed by atoms with Crippen LogP contribution in [0.4, 0.5) is 17.1 Å². The number of benzene rings is 10. The van der Waals surface area contributed by atoms with E-state index in [1.54, 1.807) is 0 Å². The van der Waals surface area contributed by atoms with Gasteiger partial charge >= 0.3 is 0 Å². The fourth-order valence-electron chi connectivity index (χ4n) is 8.58. The number of hydrogen-bond donors (Lipinski definition) is 0. The van der Waals surface area contributed by atoms with E-state index in [0.29, 0.717) is 0 Å². The summed E-state index contributed by atoms with van der Waals surface area (Å²) >= 11 is 1.88. The van der Waals surface area contributed by atoms with Crippen molar-refractivity contribution in [3.8, 4) is 44.5 Å². The van der Waals surface area contributed by atoms with E-state index < -0.39 is 0 Å². The van der Waals surface area contributed by atoms with E-state index in [0.717, 1.165) is 17.1 Å². The summed E-state index contributed by atoms with van der Waals surface area (Å²) in [5.74, 6) is 0. The number of fused-ring (bicyclic) bond motifs is 5. The third-order valence-corrected chi connectivity index (χ3v) is 12.7. The van der Waals surface area contributed by atoms with Crippen molar-refractivity contribution in [2.75, 3.05) is 4.90 Å². The van der Waals surface area contributed by atoms with Crippen molar-refractivity contribution in [2.24, 2.45) is 0 Å². The van der Waals surface area contributed by atoms with Crippen LogP contribution in [0.15, 0.2) is 224 Å². The average molecular weight is 756 g/mol. The smallest absolute Gasteiger partial charge is 0.0540 e. The van der Waals surface area contributed by atoms with Crippen LogP contribution in [-0.2, 0) is 0 Å². The maximum atomic E-state index is 2.42. The third-order valence-electron chi connectivity index (χ3n) is 11.5. The van der Waals surface area contributed by atoms with Crippen LogP contribution in [0, 0.1) is 0 Å². The lowest BCUT2D eigenvalue weighted by Gasteiger charge is -2.28. The summed E-state index contributed by atoms with van der Waals surface area (Å²) in [5.41, 5.74) is 13.1. The Morgan fingerprint density at radius 3 is 1.57 bits per heavy atom. The molecule has 0 bridgehead atoms. The minimum absolute atomic E-state index is 1.10. The summed E-state index contributed by atoms with van der Waals surface area (Å²) in [6.07, 6.45) is 0. The lowest BCUT2D eigenvalue weighted by atomic mass is 9.97. The molecule has 10 aromatic carbocycles. The molecule has 11 rings (SSSR count). The fourth-order valence-corrected chi connectivity index (χ4v) is 9.81. The second-order valence-corrected chi connectivity index (χ2v) is 15.9. The molecule has 0 N–H and O–H groups in total. The Morgan fingerprint density at radius 2 is 0.793 bits per heavy atom. The molecule has 0 atom stereocenters. The molecule has 2 heteroatoms. The molecule has 272 valence electrons. The first-order valence-corrected chi connectivity index (χ1v) is 20.6. The highest BCUT2D eigenvalue weighted by atomic mass is 32.1. The van der Waals surface area contributed by atoms with Gasteiger partial charge in [-0.05, 0) is 97.4 Å². The van der Waals surface area contributed by atoms with Crippen LogP contribution in [-0.4, -0.2) is 0 Å². The number of nitrogens with zero attached hydrogens (tertiary/aromatic N) is 1. The molecule has 0 saturated carbocycles. The highest BCUT2D eigenvalue weighted by Crippen LogP contribution is 2.46. The molecule has 0 spiro atoms. The maximum absolute atomic E-state index is 2.42. The van der Waals surface area contributed by atoms with E-state index in [2.05, 4.69) is 229 Å². The first-order chi connectivity index (χ1) is 28.7. The van der Waals surface area contributed by atoms with Gasteiger partial charge in [0.05, 0.1) is 5.69 Å². The van der Waals surface area contributed by atoms with Crippen molar-refractivity contribution < 1.29 is 0 Å². The van der Waals surface area contributed by atoms with Crippen LogP contribution in [0.1, 0.15) is 0 Å². The van der Waals surface area contributed by atoms with Crippen LogP contribution in [0.5, 0.6) is 0 Å². The van der Waals surface area contributed by atoms with E-state index in [9.17, 15) is 0 Å². The molecule has 58 heavy (non-hydrogen) atoms. The number of anilines is 3. The Kier molecular flexibility index (Phi) is 8.42. The lowest BCUT2D eigenvalue weighted by Crippen LogP contribution is -2.11. The Hall–Kier alpha value is -7.26. The van der Waals surface area contributed by atoms with Crippen LogP contribution in [0.2, 0.25) is 0 Å². The van der Waals surface area contributed by atoms with Gasteiger partial charge in [-0.1, -0.05) is 182 Å². The normalized spacial score (nSPS) is 11.4. The van der Waals surface area contributed by atoms with Crippen LogP contribution >= 0.6 is 11.3 Å². The molecule has 1 aromatic heterocycles. The van der Waals surface area contributed by atoms with Gasteiger partial charge in [0.1, 0.15) is 0 Å². The van der Waals surface area contributed by atoms with Crippen molar-refractivity contribution in [1.82, 2.24) is 0 Å². The molecular weight excluding hydrogens is 719 g/mol. The number of hydrogen-bond acceptors (Lipinski definition) is 2. The molecule has 0 amide bonds. The summed E-state index contributed by atoms with van der Waals surface area (Å²) in [4.78, 5) is 2.42. The molecule has 0 saturated heterocycles. The molecular formula is C56H37NS. The molecule has 1 heterocycles. The Balaban J connectivity index is 1.01. The predicted molar refractivity (Wildman–Crippen MR) is 251 cm³/mol. The molecule has 0 aliphatic rings. The zero-order valence-electron chi connectivity index (χ0n) is 31.7. The monoisotopic (exact) mass is 755 g/mol. The SMILES string of the molecule is c1ccc(N(c2ccc(-c3ccc(-c4ccc5ccccc5c4)cc3)cc2)c2ccc(-c3cccc4ccccc34)cc2)c(-c2cccc3c2sc2ccccc23)c1. The quantitative estimate of drug-likeness (QED) is 0.157. The zero-order valence-corrected chi connectivity index (χ0v) is 32.5. The first-order valence-electron chi connectivity index (χ1n) is 19.8. The second kappa shape index (κ2) is 14.4. The standard InChI is InChI=1S/C56H37NS/c1-2-13-44-37-45(28-27-38(44)11-1)41-25-23-39(24-26-41)40-29-33-46(34-30-40)57(47-35-31-43(32-36-47)49-18-9-14-42-12-3-4-15-48(42)49)54-21-7-5-16-50(54)52-19-10-20-53-51-17-6-8-22-55(51)58-56(52)53/h1-37H. The average Bonchev–Trinajstić information content (AvgIpc) is 3.69. The van der Waals surface area contributed by atoms with Gasteiger partial charge in [0, 0.05) is 42.7 Å². The van der Waals surface area contributed by atoms with Gasteiger partial charge in [0.2, 0.25) is 0 Å². The van der Waals surface area contributed by atoms with Crippen LogP contribution in [0.3, 0.4) is 0 Å². The molecule has 0 aliphatic heterocycles. The van der Waals surface area contributed by atoms with Gasteiger partial charge < -0.3 is 4.90 Å². The minimum atomic E-state index is 1.10. The Morgan fingerprint density at radius 1 is 0.293 bits per heavy atom. The van der Waals surface area contributed by atoms with Gasteiger partial charge in [-0.15, -0.1) is 11.3 Å². The molecule has 11 aromatic rings. The van der Waals surface area contributed by atoms with E-state index in [4.69, 9.17) is 0 Å². The third kappa shape index (κ3) is 6.03. The minimum Gasteiger partial charge on any atom is -0.310 e. The predicted octanol–water partition coefficient (Wildman–Crippen LogP) is 16.5. The highest BCUT2D eigenvalue weighted by molar-refractivity contribution is 7.26. The zero-order chi connectivity index (χ0) is 38.4. The summed E-state index contributed by atoms with van der Waals surface area (Å²) in [6.45, 7) is 0. The summed E-state index contributed by atoms with van der Waals surface area (Å²) in [5, 5.41) is 7.64. The lowest BCUT2D eigenvalue weighted by molar-refractivity contribution is 1.28. The van der Waals surface area contributed by atoms with E-state index in [1.165, 1.54) is 86.2 Å². The topological polar surface area (TPSA) is 3.24 Å². The first kappa shape index (κ1) is 34.0. The van der Waals surface area contributed by atoms with Gasteiger partial charge in [-0.2, -0.15) is 0 Å². The largest absolute Gasteiger partial charge is 0.310 e. The van der Waals surface area contributed by atoms with Crippen molar-refractivity contribution in [1.29, 1.82) is 0 Å². The second-order valence-electron chi connectivity index (χ2n) is 14.9. The summed E-state index contributed by atoms with van der Waals surface area (Å²) in [7, 11) is 0. The highest BCUT2D eigenvalue weighted by Gasteiger charge is 2.20. The van der Waals surface area contributed by atoms with Gasteiger partial charge in [0.15, 0.2) is 0 Å². The van der Waals surface area contributed by atoms with Crippen molar-refractivity contribution >= 4 is 70.1 Å². The van der Waals surface area contributed by atoms with Crippen LogP contribution in [0.25, 0.3) is 86.2 Å². The maximum Gasteiger partial charge on any atom is 0.0540 e. The van der Waals surface area contributed by atoms with E-state index in [-0.39, 0.29) is 0 Å². The van der Waals surface area contributed by atoms with Gasteiger partial charge in [-0.3, -0.25) is 0 Å². The number of rotatable bonds is 7. The Labute approximate surface area is 342 Å². The molecule has 0 unspecified atom stereocenters. The van der Waals surface area contributed by atoms with E-state index >= 15 is 0 Å². The molecule has 0 aliphatic carbocycles. The summed E-state index contributed by atoms with van der Waals surface area (Å²) < 4.78 is 2.62. The number of para-hydroxylation sites is 1. The van der Waals surface area contributed by atoms with Crippen LogP contribution < -0.4 is 4.90 Å². The number of thiophene rings is 1. The Bertz CT molecular complexity index is 3260. The van der Waals surface area contributed by atoms with Gasteiger partial charge in [0.25, 0.3) is 0 Å². The molecule has 0 radical (unpaired) electrons. The van der Waals surface area contributed by atoms with E-state index in [1.807, 2.05) is 11.3 Å². The van der Waals surface area contributed by atoms with Crippen molar-refractivity contribution in [3.05, 3.63) is 224 Å². The fraction of sp³-hybridized carbons (Fsp3) is 0. The van der Waals surface area contributed by atoms with Gasteiger partial charge in [-0.25, -0.2) is 0 Å². The van der Waals surface area contributed by atoms with Crippen molar-refractivity contribution in [2.45, 2.75) is 0 Å². The van der Waals surface area contributed by atoms with Crippen molar-refractivity contribution in [3.63, 3.8) is 0 Å². The molecule has 1 nitrogen and oxygen atoms in total.